The summed E-state index contributed by atoms with van der Waals surface area (Å²) in [5.74, 6) is 1.64. The number of rotatable bonds is 7. The highest BCUT2D eigenvalue weighted by molar-refractivity contribution is 7.99. The highest BCUT2D eigenvalue weighted by Crippen LogP contribution is 2.18. The monoisotopic (exact) mass is 405 g/mol. The average Bonchev–Trinajstić information content (AvgIpc) is 3.06. The normalized spacial score (nSPS) is 14.2. The molecule has 1 aliphatic rings. The van der Waals surface area contributed by atoms with Gasteiger partial charge in [-0.15, -0.1) is 10.2 Å². The Morgan fingerprint density at radius 3 is 2.68 bits per heavy atom. The number of aromatic amines is 1. The van der Waals surface area contributed by atoms with Crippen molar-refractivity contribution >= 4 is 29.5 Å². The van der Waals surface area contributed by atoms with Gasteiger partial charge in [0.25, 0.3) is 5.82 Å². The van der Waals surface area contributed by atoms with Crippen LogP contribution in [0.1, 0.15) is 12.7 Å². The summed E-state index contributed by atoms with van der Waals surface area (Å²) < 4.78 is 6.67. The Labute approximate surface area is 168 Å². The van der Waals surface area contributed by atoms with Crippen molar-refractivity contribution in [1.29, 1.82) is 0 Å². The van der Waals surface area contributed by atoms with E-state index in [1.54, 1.807) is 18.5 Å². The maximum atomic E-state index is 12.5. The maximum Gasteiger partial charge on any atom is 0.313 e. The molecule has 1 N–H and O–H groups in total. The molecule has 0 atom stereocenters. The summed E-state index contributed by atoms with van der Waals surface area (Å²) in [6.45, 7) is 5.07. The first-order chi connectivity index (χ1) is 13.6. The van der Waals surface area contributed by atoms with Crippen molar-refractivity contribution in [3.05, 3.63) is 30.2 Å². The Morgan fingerprint density at radius 2 is 2.00 bits per heavy atom. The highest BCUT2D eigenvalue weighted by Gasteiger charge is 2.26. The number of esters is 1. The zero-order valence-electron chi connectivity index (χ0n) is 16.1. The van der Waals surface area contributed by atoms with Crippen LogP contribution in [-0.2, 0) is 27.8 Å². The van der Waals surface area contributed by atoms with Gasteiger partial charge in [0.1, 0.15) is 25.3 Å². The van der Waals surface area contributed by atoms with Gasteiger partial charge in [-0.2, -0.15) is 0 Å². The molecule has 1 saturated heterocycles. The number of carbonyl (C=O) groups is 2. The Bertz CT molecular complexity index is 805. The molecule has 0 saturated carbocycles. The first-order valence-electron chi connectivity index (χ1n) is 9.24. The summed E-state index contributed by atoms with van der Waals surface area (Å²) in [5, 5.41) is 8.73. The van der Waals surface area contributed by atoms with E-state index in [1.807, 2.05) is 29.3 Å². The van der Waals surface area contributed by atoms with E-state index in [2.05, 4.69) is 20.1 Å². The molecule has 2 aromatic heterocycles. The van der Waals surface area contributed by atoms with E-state index >= 15 is 0 Å². The fourth-order valence-electron chi connectivity index (χ4n) is 2.96. The van der Waals surface area contributed by atoms with Gasteiger partial charge in [0.05, 0.1) is 31.6 Å². The Balaban J connectivity index is 1.47. The molecule has 3 rings (SSSR count). The lowest BCUT2D eigenvalue weighted by atomic mass is 10.3. The number of thioether (sulfide) groups is 1. The van der Waals surface area contributed by atoms with Crippen LogP contribution in [0.25, 0.3) is 0 Å². The molecule has 0 unspecified atom stereocenters. The Kier molecular flexibility index (Phi) is 6.85. The van der Waals surface area contributed by atoms with E-state index in [0.29, 0.717) is 36.4 Å². The summed E-state index contributed by atoms with van der Waals surface area (Å²) in [6.07, 6.45) is 1.98. The van der Waals surface area contributed by atoms with E-state index in [4.69, 9.17) is 4.74 Å². The molecule has 2 aromatic rings. The molecule has 0 radical (unpaired) electrons. The number of hydrogen-bond donors (Lipinski definition) is 0. The van der Waals surface area contributed by atoms with E-state index < -0.39 is 0 Å². The number of amides is 1. The van der Waals surface area contributed by atoms with E-state index in [0.717, 1.165) is 18.9 Å². The summed E-state index contributed by atoms with van der Waals surface area (Å²) >= 11 is 1.33. The van der Waals surface area contributed by atoms with Crippen molar-refractivity contribution in [3.63, 3.8) is 0 Å². The van der Waals surface area contributed by atoms with Crippen LogP contribution in [0, 0.1) is 0 Å². The van der Waals surface area contributed by atoms with Crippen molar-refractivity contribution < 1.29 is 19.3 Å². The van der Waals surface area contributed by atoms with Crippen LogP contribution in [0.5, 0.6) is 0 Å². The minimum absolute atomic E-state index is 0.0737. The van der Waals surface area contributed by atoms with Crippen molar-refractivity contribution in [1.82, 2.24) is 19.7 Å². The lowest BCUT2D eigenvalue weighted by Gasteiger charge is -2.30. The fourth-order valence-corrected chi connectivity index (χ4v) is 3.79. The third kappa shape index (κ3) is 5.00. The molecule has 0 spiro atoms. The van der Waals surface area contributed by atoms with Crippen LogP contribution >= 0.6 is 11.8 Å². The van der Waals surface area contributed by atoms with Gasteiger partial charge in [-0.05, 0) is 13.0 Å². The smallest absolute Gasteiger partial charge is 0.313 e. The number of ether oxygens (including phenoxy) is 1. The zero-order chi connectivity index (χ0) is 19.9. The van der Waals surface area contributed by atoms with Crippen molar-refractivity contribution in [2.45, 2.75) is 18.5 Å². The van der Waals surface area contributed by atoms with Gasteiger partial charge in [0, 0.05) is 13.1 Å². The minimum Gasteiger partial charge on any atom is -0.466 e. The second-order valence-corrected chi connectivity index (χ2v) is 7.29. The SMILES string of the molecule is CCOC(=O)Cc1nnc(SCC(=O)N2CCN(c3cccc[nH+]3)CC2)n1C. The lowest BCUT2D eigenvalue weighted by Crippen LogP contribution is -2.50. The molecule has 28 heavy (non-hydrogen) atoms. The lowest BCUT2D eigenvalue weighted by molar-refractivity contribution is -0.364. The van der Waals surface area contributed by atoms with Crippen LogP contribution in [0.15, 0.2) is 29.6 Å². The summed E-state index contributed by atoms with van der Waals surface area (Å²) in [6, 6.07) is 5.98. The molecule has 3 heterocycles. The topological polar surface area (TPSA) is 94.7 Å². The van der Waals surface area contributed by atoms with Crippen LogP contribution in [0.2, 0.25) is 0 Å². The average molecular weight is 406 g/mol. The number of aromatic nitrogens is 4. The van der Waals surface area contributed by atoms with Crippen LogP contribution in [0.3, 0.4) is 0 Å². The van der Waals surface area contributed by atoms with E-state index in [1.165, 1.54) is 11.8 Å². The molecule has 1 aliphatic heterocycles. The van der Waals surface area contributed by atoms with Gasteiger partial charge in [-0.25, -0.2) is 4.98 Å². The summed E-state index contributed by atoms with van der Waals surface area (Å²) in [5.41, 5.74) is 0. The Hall–Kier alpha value is -2.62. The molecule has 10 heteroatoms. The van der Waals surface area contributed by atoms with E-state index in [9.17, 15) is 9.59 Å². The number of pyridine rings is 1. The maximum absolute atomic E-state index is 12.5. The highest BCUT2D eigenvalue weighted by atomic mass is 32.2. The van der Waals surface area contributed by atoms with Crippen molar-refractivity contribution in [3.8, 4) is 0 Å². The molecular weight excluding hydrogens is 380 g/mol. The number of nitrogens with zero attached hydrogens (tertiary/aromatic N) is 5. The second-order valence-electron chi connectivity index (χ2n) is 6.34. The fraction of sp³-hybridized carbons (Fsp3) is 0.500. The number of piperazine rings is 1. The van der Waals surface area contributed by atoms with Gasteiger partial charge in [-0.1, -0.05) is 17.8 Å². The van der Waals surface area contributed by atoms with Crippen molar-refractivity contribution in [2.75, 3.05) is 43.4 Å². The first kappa shape index (κ1) is 20.1. The summed E-state index contributed by atoms with van der Waals surface area (Å²) in [4.78, 5) is 31.5. The minimum atomic E-state index is -0.334. The molecule has 150 valence electrons. The molecule has 1 fully saturated rings. The number of carbonyl (C=O) groups excluding carboxylic acids is 2. The third-order valence-corrected chi connectivity index (χ3v) is 5.53. The first-order valence-corrected chi connectivity index (χ1v) is 10.2. The number of nitrogens with one attached hydrogen (secondary N) is 1. The van der Waals surface area contributed by atoms with Gasteiger partial charge < -0.3 is 14.2 Å². The molecular formula is C18H25N6O3S+. The molecule has 0 bridgehead atoms. The Morgan fingerprint density at radius 1 is 1.21 bits per heavy atom. The largest absolute Gasteiger partial charge is 0.466 e. The van der Waals surface area contributed by atoms with Gasteiger partial charge >= 0.3 is 5.97 Å². The molecule has 0 aromatic carbocycles. The van der Waals surface area contributed by atoms with Crippen LogP contribution < -0.4 is 9.88 Å². The molecule has 9 nitrogen and oxygen atoms in total. The molecule has 0 aliphatic carbocycles. The number of H-pyrrole nitrogens is 1. The van der Waals surface area contributed by atoms with E-state index in [-0.39, 0.29) is 18.3 Å². The van der Waals surface area contributed by atoms with Crippen LogP contribution in [0.4, 0.5) is 5.82 Å². The molecule has 1 amide bonds. The van der Waals surface area contributed by atoms with Gasteiger partial charge in [-0.3, -0.25) is 14.5 Å². The predicted molar refractivity (Wildman–Crippen MR) is 104 cm³/mol. The van der Waals surface area contributed by atoms with Crippen LogP contribution in [-0.4, -0.2) is 70.1 Å². The quantitative estimate of drug-likeness (QED) is 0.479. The predicted octanol–water partition coefficient (Wildman–Crippen LogP) is 0.176. The number of anilines is 1. The summed E-state index contributed by atoms with van der Waals surface area (Å²) in [7, 11) is 1.79. The van der Waals surface area contributed by atoms with Gasteiger partial charge in [0.2, 0.25) is 5.91 Å². The zero-order valence-corrected chi connectivity index (χ0v) is 16.9. The second kappa shape index (κ2) is 9.54. The van der Waals surface area contributed by atoms with Crippen molar-refractivity contribution in [2.24, 2.45) is 7.05 Å². The third-order valence-electron chi connectivity index (χ3n) is 4.52. The van der Waals surface area contributed by atoms with Gasteiger partial charge in [0.15, 0.2) is 5.16 Å². The number of hydrogen-bond acceptors (Lipinski definition) is 7. The standard InChI is InChI=1S/C18H24N6O3S/c1-3-27-17(26)12-15-20-21-18(22(15)2)28-13-16(25)24-10-8-23(9-11-24)14-6-4-5-7-19-14/h4-7H,3,8-13H2,1-2H3/p+1.